The van der Waals surface area contributed by atoms with Crippen LogP contribution in [-0.2, 0) is 16.2 Å². The number of hydrogen-bond donors (Lipinski definition) is 0. The molecule has 0 spiro atoms. The molecule has 5 rings (SSSR count). The molecule has 0 bridgehead atoms. The van der Waals surface area contributed by atoms with Crippen molar-refractivity contribution in [2.45, 2.75) is 51.0 Å². The van der Waals surface area contributed by atoms with E-state index in [0.717, 1.165) is 59.4 Å². The smallest absolute Gasteiger partial charge is 0.161 e. The Hall–Kier alpha value is -3.21. The highest BCUT2D eigenvalue weighted by atomic mass is 19.1. The van der Waals surface area contributed by atoms with Gasteiger partial charge in [0.2, 0.25) is 0 Å². The molecule has 164 valence electrons. The van der Waals surface area contributed by atoms with Crippen LogP contribution in [0.2, 0.25) is 0 Å². The standard InChI is InChI=1S/C27H26FNO3/c1-29-20-7-4-9-22(30)26(20)25(27-21(29)8-5-10-23(27)31)19-6-2-3-11-24(19)32-16-17-12-14-18(28)15-13-17/h2-3,6,11-15,25H,4-5,7-10,16H2,1H3. The third kappa shape index (κ3) is 3.56. The first kappa shape index (κ1) is 20.7. The number of benzene rings is 2. The summed E-state index contributed by atoms with van der Waals surface area (Å²) in [6, 6.07) is 13.9. The Morgan fingerprint density at radius 3 is 2.09 bits per heavy atom. The molecule has 0 fully saturated rings. The van der Waals surface area contributed by atoms with Crippen molar-refractivity contribution in [1.29, 1.82) is 0 Å². The van der Waals surface area contributed by atoms with Gasteiger partial charge in [0.15, 0.2) is 11.6 Å². The molecule has 0 saturated heterocycles. The number of ether oxygens (including phenoxy) is 1. The quantitative estimate of drug-likeness (QED) is 0.646. The molecule has 2 aromatic carbocycles. The molecule has 3 aliphatic rings. The Morgan fingerprint density at radius 2 is 1.47 bits per heavy atom. The molecule has 32 heavy (non-hydrogen) atoms. The topological polar surface area (TPSA) is 46.6 Å². The number of hydrogen-bond acceptors (Lipinski definition) is 4. The molecule has 2 aromatic rings. The van der Waals surface area contributed by atoms with Crippen LogP contribution in [0.5, 0.6) is 5.75 Å². The third-order valence-electron chi connectivity index (χ3n) is 6.78. The van der Waals surface area contributed by atoms with Gasteiger partial charge in [0.25, 0.3) is 0 Å². The van der Waals surface area contributed by atoms with E-state index in [1.807, 2.05) is 31.3 Å². The van der Waals surface area contributed by atoms with Crippen LogP contribution >= 0.6 is 0 Å². The lowest BCUT2D eigenvalue weighted by molar-refractivity contribution is -0.117. The number of ketones is 2. The minimum Gasteiger partial charge on any atom is -0.489 e. The van der Waals surface area contributed by atoms with Crippen molar-refractivity contribution in [2.24, 2.45) is 0 Å². The van der Waals surface area contributed by atoms with E-state index < -0.39 is 0 Å². The molecule has 0 unspecified atom stereocenters. The first-order valence-electron chi connectivity index (χ1n) is 11.3. The zero-order valence-electron chi connectivity index (χ0n) is 18.2. The number of carbonyl (C=O) groups excluding carboxylic acids is 2. The number of halogens is 1. The third-order valence-corrected chi connectivity index (χ3v) is 6.78. The molecule has 0 aromatic heterocycles. The van der Waals surface area contributed by atoms with Crippen LogP contribution in [0.25, 0.3) is 0 Å². The van der Waals surface area contributed by atoms with Gasteiger partial charge in [-0.25, -0.2) is 4.39 Å². The van der Waals surface area contributed by atoms with E-state index in [2.05, 4.69) is 4.90 Å². The lowest BCUT2D eigenvalue weighted by Gasteiger charge is -2.42. The minimum atomic E-state index is -0.388. The molecule has 0 atom stereocenters. The van der Waals surface area contributed by atoms with Crippen molar-refractivity contribution in [3.05, 3.63) is 88.0 Å². The lowest BCUT2D eigenvalue weighted by atomic mass is 9.71. The highest BCUT2D eigenvalue weighted by molar-refractivity contribution is 6.06. The maximum Gasteiger partial charge on any atom is 0.161 e. The molecule has 0 saturated carbocycles. The average molecular weight is 432 g/mol. The Kier molecular flexibility index (Phi) is 5.41. The maximum absolute atomic E-state index is 13.3. The largest absolute Gasteiger partial charge is 0.489 e. The molecule has 1 heterocycles. The molecule has 0 amide bonds. The van der Waals surface area contributed by atoms with E-state index in [1.165, 1.54) is 12.1 Å². The van der Waals surface area contributed by atoms with Gasteiger partial charge in [-0.3, -0.25) is 9.59 Å². The van der Waals surface area contributed by atoms with Crippen molar-refractivity contribution in [2.75, 3.05) is 7.05 Å². The van der Waals surface area contributed by atoms with Crippen LogP contribution in [0.15, 0.2) is 71.1 Å². The normalized spacial score (nSPS) is 19.2. The van der Waals surface area contributed by atoms with Crippen molar-refractivity contribution >= 4 is 11.6 Å². The summed E-state index contributed by atoms with van der Waals surface area (Å²) >= 11 is 0. The summed E-state index contributed by atoms with van der Waals surface area (Å²) in [7, 11) is 2.00. The van der Waals surface area contributed by atoms with E-state index in [9.17, 15) is 14.0 Å². The second-order valence-corrected chi connectivity index (χ2v) is 8.72. The number of nitrogens with zero attached hydrogens (tertiary/aromatic N) is 1. The molecular weight excluding hydrogens is 405 g/mol. The molecule has 2 aliphatic carbocycles. The van der Waals surface area contributed by atoms with Gasteiger partial charge in [-0.15, -0.1) is 0 Å². The van der Waals surface area contributed by atoms with Crippen LogP contribution < -0.4 is 4.74 Å². The number of para-hydroxylation sites is 1. The zero-order chi connectivity index (χ0) is 22.2. The van der Waals surface area contributed by atoms with Crippen LogP contribution in [0, 0.1) is 5.82 Å². The Bertz CT molecular complexity index is 1100. The highest BCUT2D eigenvalue weighted by Crippen LogP contribution is 2.50. The van der Waals surface area contributed by atoms with Gasteiger partial charge in [-0.1, -0.05) is 30.3 Å². The fraction of sp³-hybridized carbons (Fsp3) is 0.333. The van der Waals surface area contributed by atoms with E-state index in [-0.39, 0.29) is 29.9 Å². The van der Waals surface area contributed by atoms with E-state index in [0.29, 0.717) is 18.6 Å². The maximum atomic E-state index is 13.3. The van der Waals surface area contributed by atoms with Gasteiger partial charge >= 0.3 is 0 Å². The van der Waals surface area contributed by atoms with Gasteiger partial charge in [0.05, 0.1) is 0 Å². The van der Waals surface area contributed by atoms with E-state index in [4.69, 9.17) is 4.74 Å². The molecule has 1 aliphatic heterocycles. The molecule has 5 heteroatoms. The summed E-state index contributed by atoms with van der Waals surface area (Å²) in [4.78, 5) is 28.4. The SMILES string of the molecule is CN1C2=C(C(=O)CCC2)C(c2ccccc2OCc2ccc(F)cc2)C2=C1CCCC2=O. The molecular formula is C27H26FNO3. The van der Waals surface area contributed by atoms with Crippen molar-refractivity contribution in [3.8, 4) is 5.75 Å². The summed E-state index contributed by atoms with van der Waals surface area (Å²) in [5.74, 6) is 0.233. The summed E-state index contributed by atoms with van der Waals surface area (Å²) in [6.45, 7) is 0.281. The highest BCUT2D eigenvalue weighted by Gasteiger charge is 2.43. The summed E-state index contributed by atoms with van der Waals surface area (Å²) in [5.41, 5.74) is 5.32. The second-order valence-electron chi connectivity index (χ2n) is 8.72. The van der Waals surface area contributed by atoms with Gasteiger partial charge < -0.3 is 9.64 Å². The van der Waals surface area contributed by atoms with Gasteiger partial charge in [0, 0.05) is 53.9 Å². The number of allylic oxidation sites excluding steroid dienone is 4. The molecule has 0 N–H and O–H groups in total. The fourth-order valence-electron chi connectivity index (χ4n) is 5.26. The van der Waals surface area contributed by atoms with Crippen molar-refractivity contribution < 1.29 is 18.7 Å². The molecule has 4 nitrogen and oxygen atoms in total. The van der Waals surface area contributed by atoms with Gasteiger partial charge in [0.1, 0.15) is 18.2 Å². The van der Waals surface area contributed by atoms with Crippen LogP contribution in [-0.4, -0.2) is 23.5 Å². The Morgan fingerprint density at radius 1 is 0.875 bits per heavy atom. The summed E-state index contributed by atoms with van der Waals surface area (Å²) < 4.78 is 19.4. The summed E-state index contributed by atoms with van der Waals surface area (Å²) in [5, 5.41) is 0. The van der Waals surface area contributed by atoms with Gasteiger partial charge in [-0.05, 0) is 49.4 Å². The average Bonchev–Trinajstić information content (AvgIpc) is 2.80. The summed E-state index contributed by atoms with van der Waals surface area (Å²) in [6.07, 6.45) is 4.40. The number of rotatable bonds is 4. The monoisotopic (exact) mass is 431 g/mol. The van der Waals surface area contributed by atoms with Crippen LogP contribution in [0.1, 0.15) is 55.6 Å². The van der Waals surface area contributed by atoms with Crippen LogP contribution in [0.4, 0.5) is 4.39 Å². The van der Waals surface area contributed by atoms with Crippen LogP contribution in [0.3, 0.4) is 0 Å². The first-order valence-corrected chi connectivity index (χ1v) is 11.3. The first-order chi connectivity index (χ1) is 15.5. The number of Topliss-reactive ketones (excluding diaryl/α,β-unsaturated/α-hetero) is 2. The Balaban J connectivity index is 1.59. The fourth-order valence-corrected chi connectivity index (χ4v) is 5.26. The number of carbonyl (C=O) groups is 2. The van der Waals surface area contributed by atoms with Crippen molar-refractivity contribution in [3.63, 3.8) is 0 Å². The minimum absolute atomic E-state index is 0.126. The zero-order valence-corrected chi connectivity index (χ0v) is 18.2. The predicted octanol–water partition coefficient (Wildman–Crippen LogP) is 5.45. The Labute approximate surface area is 187 Å². The lowest BCUT2D eigenvalue weighted by Crippen LogP contribution is -2.37. The predicted molar refractivity (Wildman–Crippen MR) is 119 cm³/mol. The second kappa shape index (κ2) is 8.38. The molecule has 0 radical (unpaired) electrons. The van der Waals surface area contributed by atoms with Crippen molar-refractivity contribution in [1.82, 2.24) is 4.90 Å². The van der Waals surface area contributed by atoms with Gasteiger partial charge in [-0.2, -0.15) is 0 Å². The van der Waals surface area contributed by atoms with E-state index >= 15 is 0 Å². The van der Waals surface area contributed by atoms with E-state index in [1.54, 1.807) is 12.1 Å².